The number of piperidine rings is 1. The number of nitrogens with one attached hydrogen (secondary N) is 1. The normalized spacial score (nSPS) is 16.1. The van der Waals surface area contributed by atoms with Gasteiger partial charge >= 0.3 is 12.0 Å². The van der Waals surface area contributed by atoms with E-state index in [9.17, 15) is 9.59 Å². The summed E-state index contributed by atoms with van der Waals surface area (Å²) >= 11 is 0. The van der Waals surface area contributed by atoms with Crippen LogP contribution in [-0.4, -0.2) is 68.1 Å². The van der Waals surface area contributed by atoms with Crippen LogP contribution in [0.5, 0.6) is 0 Å². The van der Waals surface area contributed by atoms with Gasteiger partial charge in [-0.1, -0.05) is 0 Å². The maximum absolute atomic E-state index is 11.9. The molecule has 20 heavy (non-hydrogen) atoms. The van der Waals surface area contributed by atoms with E-state index < -0.39 is 5.97 Å². The maximum Gasteiger partial charge on any atom is 0.329 e. The van der Waals surface area contributed by atoms with Crippen molar-refractivity contribution in [2.24, 2.45) is 0 Å². The number of aliphatic carboxylic acids is 1. The van der Waals surface area contributed by atoms with Crippen molar-refractivity contribution in [3.8, 4) is 0 Å². The van der Waals surface area contributed by atoms with Gasteiger partial charge in [-0.25, -0.2) is 9.59 Å². The van der Waals surface area contributed by atoms with Crippen LogP contribution in [0.25, 0.3) is 0 Å². The van der Waals surface area contributed by atoms with E-state index in [1.54, 1.807) is 12.0 Å². The molecule has 2 amide bonds. The molecule has 0 spiro atoms. The van der Waals surface area contributed by atoms with Gasteiger partial charge in [0.15, 0.2) is 0 Å². The van der Waals surface area contributed by atoms with Crippen LogP contribution in [0.3, 0.4) is 0 Å². The third kappa shape index (κ3) is 6.72. The van der Waals surface area contributed by atoms with Gasteiger partial charge in [-0.05, 0) is 25.7 Å². The summed E-state index contributed by atoms with van der Waals surface area (Å²) in [4.78, 5) is 24.0. The van der Waals surface area contributed by atoms with Crippen LogP contribution in [0.15, 0.2) is 0 Å². The lowest BCUT2D eigenvalue weighted by Crippen LogP contribution is -2.46. The fourth-order valence-electron chi connectivity index (χ4n) is 2.09. The molecule has 1 fully saturated rings. The van der Waals surface area contributed by atoms with Crippen LogP contribution >= 0.6 is 0 Å². The SMILES string of the molecule is COCCCCNC(=O)N1CCC(OCC(=O)O)CC1. The minimum Gasteiger partial charge on any atom is -0.480 e. The minimum atomic E-state index is -0.957. The van der Waals surface area contributed by atoms with Gasteiger partial charge in [-0.15, -0.1) is 0 Å². The Hall–Kier alpha value is -1.34. The quantitative estimate of drug-likeness (QED) is 0.642. The lowest BCUT2D eigenvalue weighted by molar-refractivity contribution is -0.145. The number of carboxylic acid groups (broad SMARTS) is 1. The third-order valence-corrected chi connectivity index (χ3v) is 3.22. The molecule has 0 aliphatic carbocycles. The van der Waals surface area contributed by atoms with Crippen LogP contribution < -0.4 is 5.32 Å². The summed E-state index contributed by atoms with van der Waals surface area (Å²) in [6.07, 6.45) is 3.14. The Labute approximate surface area is 119 Å². The van der Waals surface area contributed by atoms with Gasteiger partial charge in [0, 0.05) is 33.4 Å². The summed E-state index contributed by atoms with van der Waals surface area (Å²) in [5.74, 6) is -0.957. The predicted octanol–water partition coefficient (Wildman–Crippen LogP) is 0.688. The smallest absolute Gasteiger partial charge is 0.329 e. The molecule has 0 saturated carbocycles. The second kappa shape index (κ2) is 9.55. The Balaban J connectivity index is 2.11. The first-order valence-corrected chi connectivity index (χ1v) is 6.98. The number of carbonyl (C=O) groups excluding carboxylic acids is 1. The summed E-state index contributed by atoms with van der Waals surface area (Å²) < 4.78 is 10.2. The number of likely N-dealkylation sites (tertiary alicyclic amines) is 1. The maximum atomic E-state index is 11.9. The molecule has 0 aromatic carbocycles. The summed E-state index contributed by atoms with van der Waals surface area (Å²) in [7, 11) is 1.66. The first-order valence-electron chi connectivity index (χ1n) is 6.98. The standard InChI is InChI=1S/C13H24N2O5/c1-19-9-3-2-6-14-13(18)15-7-4-11(5-8-15)20-10-12(16)17/h11H,2-10H2,1H3,(H,14,18)(H,16,17). The molecule has 0 bridgehead atoms. The van der Waals surface area contributed by atoms with Crippen LogP contribution in [0.4, 0.5) is 4.79 Å². The number of nitrogens with zero attached hydrogens (tertiary/aromatic N) is 1. The number of rotatable bonds is 8. The zero-order valence-corrected chi connectivity index (χ0v) is 12.0. The highest BCUT2D eigenvalue weighted by Gasteiger charge is 2.23. The molecule has 0 atom stereocenters. The molecule has 2 N–H and O–H groups in total. The van der Waals surface area contributed by atoms with Crippen molar-refractivity contribution in [1.82, 2.24) is 10.2 Å². The van der Waals surface area contributed by atoms with Gasteiger partial charge < -0.3 is 24.8 Å². The number of carboxylic acids is 1. The molecule has 1 rings (SSSR count). The second-order valence-corrected chi connectivity index (χ2v) is 4.82. The van der Waals surface area contributed by atoms with Gasteiger partial charge in [-0.3, -0.25) is 0 Å². The molecule has 0 radical (unpaired) electrons. The lowest BCUT2D eigenvalue weighted by atomic mass is 10.1. The van der Waals surface area contributed by atoms with E-state index in [1.165, 1.54) is 0 Å². The van der Waals surface area contributed by atoms with Gasteiger partial charge in [0.05, 0.1) is 6.10 Å². The van der Waals surface area contributed by atoms with Crippen molar-refractivity contribution in [2.45, 2.75) is 31.8 Å². The van der Waals surface area contributed by atoms with Crippen molar-refractivity contribution in [2.75, 3.05) is 40.0 Å². The molecule has 7 heteroatoms. The van der Waals surface area contributed by atoms with Crippen molar-refractivity contribution in [1.29, 1.82) is 0 Å². The summed E-state index contributed by atoms with van der Waals surface area (Å²) in [6.45, 7) is 2.30. The van der Waals surface area contributed by atoms with E-state index in [0.717, 1.165) is 12.8 Å². The number of urea groups is 1. The Morgan fingerprint density at radius 3 is 2.60 bits per heavy atom. The summed E-state index contributed by atoms with van der Waals surface area (Å²) in [5.41, 5.74) is 0. The third-order valence-electron chi connectivity index (χ3n) is 3.22. The van der Waals surface area contributed by atoms with Crippen molar-refractivity contribution < 1.29 is 24.2 Å². The van der Waals surface area contributed by atoms with Gasteiger partial charge in [-0.2, -0.15) is 0 Å². The van der Waals surface area contributed by atoms with E-state index in [4.69, 9.17) is 14.6 Å². The number of hydrogen-bond acceptors (Lipinski definition) is 4. The first kappa shape index (κ1) is 16.7. The Morgan fingerprint density at radius 1 is 1.30 bits per heavy atom. The molecular formula is C13H24N2O5. The Morgan fingerprint density at radius 2 is 2.00 bits per heavy atom. The van der Waals surface area contributed by atoms with Crippen molar-refractivity contribution >= 4 is 12.0 Å². The molecular weight excluding hydrogens is 264 g/mol. The van der Waals surface area contributed by atoms with E-state index in [1.807, 2.05) is 0 Å². The monoisotopic (exact) mass is 288 g/mol. The zero-order valence-electron chi connectivity index (χ0n) is 12.0. The topological polar surface area (TPSA) is 88.1 Å². The summed E-state index contributed by atoms with van der Waals surface area (Å²) in [6, 6.07) is -0.0564. The fraction of sp³-hybridized carbons (Fsp3) is 0.846. The average Bonchev–Trinajstić information content (AvgIpc) is 2.45. The average molecular weight is 288 g/mol. The molecule has 0 unspecified atom stereocenters. The van der Waals surface area contributed by atoms with Gasteiger partial charge in [0.25, 0.3) is 0 Å². The number of hydrogen-bond donors (Lipinski definition) is 2. The largest absolute Gasteiger partial charge is 0.480 e. The fourth-order valence-corrected chi connectivity index (χ4v) is 2.09. The predicted molar refractivity (Wildman–Crippen MR) is 72.7 cm³/mol. The van der Waals surface area contributed by atoms with Crippen molar-refractivity contribution in [3.05, 3.63) is 0 Å². The Bertz CT molecular complexity index is 303. The molecule has 0 aromatic rings. The van der Waals surface area contributed by atoms with Gasteiger partial charge in [0.1, 0.15) is 6.61 Å². The van der Waals surface area contributed by atoms with Gasteiger partial charge in [0.2, 0.25) is 0 Å². The molecule has 1 heterocycles. The highest BCUT2D eigenvalue weighted by Crippen LogP contribution is 2.13. The van der Waals surface area contributed by atoms with Crippen LogP contribution in [-0.2, 0) is 14.3 Å². The van der Waals surface area contributed by atoms with E-state index in [0.29, 0.717) is 39.1 Å². The molecule has 7 nitrogen and oxygen atoms in total. The van der Waals surface area contributed by atoms with Crippen LogP contribution in [0, 0.1) is 0 Å². The van der Waals surface area contributed by atoms with E-state index >= 15 is 0 Å². The molecule has 116 valence electrons. The Kier molecular flexibility index (Phi) is 7.98. The number of carbonyl (C=O) groups is 2. The first-order chi connectivity index (χ1) is 9.63. The van der Waals surface area contributed by atoms with E-state index in [2.05, 4.69) is 5.32 Å². The van der Waals surface area contributed by atoms with Crippen LogP contribution in [0.2, 0.25) is 0 Å². The minimum absolute atomic E-state index is 0.0564. The van der Waals surface area contributed by atoms with Crippen molar-refractivity contribution in [3.63, 3.8) is 0 Å². The highest BCUT2D eigenvalue weighted by molar-refractivity contribution is 5.74. The number of methoxy groups -OCH3 is 1. The molecule has 1 aliphatic heterocycles. The number of unbranched alkanes of at least 4 members (excludes halogenated alkanes) is 1. The number of amides is 2. The second-order valence-electron chi connectivity index (χ2n) is 4.82. The summed E-state index contributed by atoms with van der Waals surface area (Å²) in [5, 5.41) is 11.4. The molecule has 0 aromatic heterocycles. The lowest BCUT2D eigenvalue weighted by Gasteiger charge is -2.31. The van der Waals surface area contributed by atoms with E-state index in [-0.39, 0.29) is 18.7 Å². The highest BCUT2D eigenvalue weighted by atomic mass is 16.5. The number of ether oxygens (including phenoxy) is 2. The van der Waals surface area contributed by atoms with Crippen LogP contribution in [0.1, 0.15) is 25.7 Å². The zero-order chi connectivity index (χ0) is 14.8. The molecule has 1 aliphatic rings. The molecule has 1 saturated heterocycles.